The van der Waals surface area contributed by atoms with Crippen molar-refractivity contribution >= 4 is 87.5 Å². The second kappa shape index (κ2) is 18.1. The summed E-state index contributed by atoms with van der Waals surface area (Å²) in [5.74, 6) is 0. The fraction of sp³-hybridized carbons (Fsp3) is 0.857. The summed E-state index contributed by atoms with van der Waals surface area (Å²) in [6.07, 6.45) is 11.9. The monoisotopic (exact) mass is 583 g/mol. The topological polar surface area (TPSA) is 9.72 Å². The van der Waals surface area contributed by atoms with Gasteiger partial charge in [-0.25, -0.2) is 0 Å². The molecule has 3 heterocycles. The van der Waals surface area contributed by atoms with E-state index < -0.39 is 0 Å². The molecule has 0 bridgehead atoms. The Kier molecular flexibility index (Phi) is 19.1. The van der Waals surface area contributed by atoms with E-state index in [2.05, 4.69) is 110 Å². The van der Waals surface area contributed by atoms with Crippen molar-refractivity contribution in [3.63, 3.8) is 0 Å². The number of rotatable bonds is 0. The Morgan fingerprint density at radius 1 is 0.548 bits per heavy atom. The molecule has 0 amide bonds. The standard InChI is InChI=1S/3C7H13NS2.Cr/c3*1-6-4-2-3-5-8(6)7(9)10;/h3*6H,2-5H2,1H3,(H,9,10);/q;;;+3/p+6. The average Bonchev–Trinajstić information content (AvgIpc) is 2.69. The molecule has 0 aliphatic carbocycles. The van der Waals surface area contributed by atoms with Gasteiger partial charge in [0.25, 0.3) is 0 Å². The summed E-state index contributed by atoms with van der Waals surface area (Å²) in [5.41, 5.74) is 0. The van der Waals surface area contributed by atoms with E-state index in [-0.39, 0.29) is 17.4 Å². The van der Waals surface area contributed by atoms with Crippen LogP contribution in [0.5, 0.6) is 0 Å². The molecular weight excluding hydrogens is 539 g/mol. The molecule has 10 heteroatoms. The Morgan fingerprint density at radius 2 is 0.774 bits per heavy atom. The molecule has 3 fully saturated rings. The first-order chi connectivity index (χ1) is 14.1. The molecule has 0 spiro atoms. The van der Waals surface area contributed by atoms with Gasteiger partial charge >= 0.3 is 30.3 Å². The number of nitrogens with zero attached hydrogens (tertiary/aromatic N) is 3. The molecular formula is C21H45CrN3S6+9. The summed E-state index contributed by atoms with van der Waals surface area (Å²) in [6, 6.07) is 2.00. The quantitative estimate of drug-likeness (QED) is 0.236. The molecule has 0 aromatic carbocycles. The minimum absolute atomic E-state index is 0. The van der Waals surface area contributed by atoms with Crippen LogP contribution in [0.3, 0.4) is 0 Å². The Hall–Kier alpha value is 1.73. The summed E-state index contributed by atoms with van der Waals surface area (Å²) in [5, 5.41) is 0. The van der Waals surface area contributed by atoms with Crippen LogP contribution in [0, 0.1) is 0 Å². The Morgan fingerprint density at radius 3 is 0.903 bits per heavy atom. The Bertz CT molecular complexity index is 489. The molecule has 3 unspecified atom stereocenters. The van der Waals surface area contributed by atoms with E-state index >= 15 is 0 Å². The van der Waals surface area contributed by atoms with Gasteiger partial charge in [0, 0.05) is 37.8 Å². The maximum Gasteiger partial charge on any atom is 3.00 e. The molecule has 0 N–H and O–H groups in total. The van der Waals surface area contributed by atoms with Crippen LogP contribution in [0.15, 0.2) is 0 Å². The molecule has 3 aliphatic rings. The van der Waals surface area contributed by atoms with Crippen molar-refractivity contribution < 1.29 is 17.4 Å². The van der Waals surface area contributed by atoms with Crippen LogP contribution in [0.2, 0.25) is 0 Å². The van der Waals surface area contributed by atoms with Crippen LogP contribution in [0.1, 0.15) is 78.6 Å². The number of thiol groups is 3. The van der Waals surface area contributed by atoms with Gasteiger partial charge in [0.1, 0.15) is 0 Å². The molecule has 3 atom stereocenters. The molecule has 3 aliphatic heterocycles. The maximum atomic E-state index is 4.26. The van der Waals surface area contributed by atoms with E-state index in [1.807, 2.05) is 0 Å². The van der Waals surface area contributed by atoms with Crippen LogP contribution in [0.25, 0.3) is 0 Å². The fourth-order valence-corrected chi connectivity index (χ4v) is 6.13. The summed E-state index contributed by atoms with van der Waals surface area (Å²) < 4.78 is 2.94. The number of likely N-dealkylation sites (tertiary alicyclic amines) is 3. The van der Waals surface area contributed by atoms with Gasteiger partial charge in [0.15, 0.2) is 0 Å². The average molecular weight is 584 g/mol. The summed E-state index contributed by atoms with van der Waals surface area (Å²) in [6.45, 7) is 10.2. The molecule has 0 aromatic heterocycles. The van der Waals surface area contributed by atoms with Crippen LogP contribution in [-0.2, 0) is 91.9 Å². The SMILES string of the molecule is CC1CCCCN1C(=[SH+])[SH2+].CC1CCCCN1C(=[SH+])[SH2+].CC1CCCCN1C(=[SH+])[SH2+].[Cr+3]. The van der Waals surface area contributed by atoms with Crippen LogP contribution < -0.4 is 0 Å². The third kappa shape index (κ3) is 12.8. The van der Waals surface area contributed by atoms with Crippen molar-refractivity contribution in [2.75, 3.05) is 19.6 Å². The fourth-order valence-electron chi connectivity index (χ4n) is 4.24. The van der Waals surface area contributed by atoms with E-state index in [9.17, 15) is 0 Å². The van der Waals surface area contributed by atoms with Crippen molar-refractivity contribution in [2.45, 2.75) is 96.7 Å². The van der Waals surface area contributed by atoms with Gasteiger partial charge in [-0.3, -0.25) is 0 Å². The number of hydrogen-bond acceptors (Lipinski definition) is 0. The van der Waals surface area contributed by atoms with Crippen molar-refractivity contribution in [2.24, 2.45) is 0 Å². The zero-order valence-electron chi connectivity index (χ0n) is 19.3. The largest absolute Gasteiger partial charge is 3.00 e. The van der Waals surface area contributed by atoms with E-state index in [0.717, 1.165) is 32.6 Å². The van der Waals surface area contributed by atoms with Gasteiger partial charge in [-0.1, -0.05) is 19.3 Å². The zero-order valence-corrected chi connectivity index (χ0v) is 26.3. The van der Waals surface area contributed by atoms with Gasteiger partial charge in [-0.05, 0) is 59.3 Å². The first-order valence-corrected chi connectivity index (χ1v) is 14.1. The molecule has 0 aromatic rings. The molecule has 3 saturated heterocycles. The van der Waals surface area contributed by atoms with Crippen molar-refractivity contribution in [3.8, 4) is 0 Å². The molecule has 3 nitrogen and oxygen atoms in total. The summed E-state index contributed by atoms with van der Waals surface area (Å²) >= 11 is 23.1. The third-order valence-corrected chi connectivity index (χ3v) is 7.86. The molecule has 1 radical (unpaired) electrons. The first-order valence-electron chi connectivity index (χ1n) is 11.3. The van der Waals surface area contributed by atoms with Gasteiger partial charge in [0.2, 0.25) is 36.7 Å². The van der Waals surface area contributed by atoms with E-state index in [0.29, 0.717) is 18.1 Å². The van der Waals surface area contributed by atoms with Crippen LogP contribution >= 0.6 is 0 Å². The molecule has 3 rings (SSSR count). The van der Waals surface area contributed by atoms with E-state index in [1.165, 1.54) is 57.8 Å². The molecule has 31 heavy (non-hydrogen) atoms. The van der Waals surface area contributed by atoms with Gasteiger partial charge in [-0.15, -0.1) is 0 Å². The van der Waals surface area contributed by atoms with E-state index in [4.69, 9.17) is 0 Å². The molecule has 0 saturated carbocycles. The number of piperidine rings is 3. The summed E-state index contributed by atoms with van der Waals surface area (Å²) in [4.78, 5) is 6.89. The van der Waals surface area contributed by atoms with Crippen LogP contribution in [0.4, 0.5) is 0 Å². The second-order valence-electron chi connectivity index (χ2n) is 8.59. The maximum absolute atomic E-state index is 4.26. The van der Waals surface area contributed by atoms with Gasteiger partial charge in [-0.2, -0.15) is 14.7 Å². The third-order valence-electron chi connectivity index (χ3n) is 6.23. The Balaban J connectivity index is 0.000000429. The summed E-state index contributed by atoms with van der Waals surface area (Å²) in [7, 11) is 0. The van der Waals surface area contributed by atoms with Gasteiger partial charge < -0.3 is 0 Å². The Labute approximate surface area is 234 Å². The second-order valence-corrected chi connectivity index (χ2v) is 12.5. The minimum Gasteiger partial charge on any atom is -0.181 e. The van der Waals surface area contributed by atoms with Crippen molar-refractivity contribution in [1.29, 1.82) is 0 Å². The predicted octanol–water partition coefficient (Wildman–Crippen LogP) is 0.714. The first kappa shape index (κ1) is 32.7. The van der Waals surface area contributed by atoms with Crippen molar-refractivity contribution in [1.82, 2.24) is 14.7 Å². The van der Waals surface area contributed by atoms with E-state index in [1.54, 1.807) is 0 Å². The van der Waals surface area contributed by atoms with Crippen molar-refractivity contribution in [3.05, 3.63) is 0 Å². The van der Waals surface area contributed by atoms with Gasteiger partial charge in [0.05, 0.1) is 37.9 Å². The minimum atomic E-state index is 0. The molecule has 177 valence electrons. The number of hydrogen-bond donors (Lipinski definition) is 0. The predicted molar refractivity (Wildman–Crippen MR) is 162 cm³/mol. The smallest absolute Gasteiger partial charge is 0.181 e. The zero-order chi connectivity index (χ0) is 22.7. The normalized spacial score (nSPS) is 27.5. The van der Waals surface area contributed by atoms with Crippen LogP contribution in [-0.4, -0.2) is 65.4 Å².